The summed E-state index contributed by atoms with van der Waals surface area (Å²) in [6.07, 6.45) is 1.71. The number of halogens is 3. The van der Waals surface area contributed by atoms with Crippen molar-refractivity contribution in [1.29, 1.82) is 0 Å². The van der Waals surface area contributed by atoms with Gasteiger partial charge in [0.05, 0.1) is 17.6 Å². The van der Waals surface area contributed by atoms with Gasteiger partial charge in [-0.1, -0.05) is 0 Å². The zero-order valence-electron chi connectivity index (χ0n) is 15.6. The molecule has 0 radical (unpaired) electrons. The van der Waals surface area contributed by atoms with E-state index >= 15 is 0 Å². The van der Waals surface area contributed by atoms with Crippen LogP contribution < -0.4 is 0 Å². The van der Waals surface area contributed by atoms with Crippen molar-refractivity contribution in [1.82, 2.24) is 4.90 Å². The monoisotopic (exact) mass is 378 g/mol. The van der Waals surface area contributed by atoms with E-state index in [-0.39, 0.29) is 12.2 Å². The van der Waals surface area contributed by atoms with Crippen molar-refractivity contribution < 1.29 is 22.7 Å². The van der Waals surface area contributed by atoms with Gasteiger partial charge in [-0.15, -0.1) is 0 Å². The van der Waals surface area contributed by atoms with Crippen LogP contribution in [0.4, 0.5) is 18.9 Å². The highest BCUT2D eigenvalue weighted by atomic mass is 19.2. The predicted octanol–water partition coefficient (Wildman–Crippen LogP) is 4.69. The fourth-order valence-corrected chi connectivity index (χ4v) is 2.33. The van der Waals surface area contributed by atoms with E-state index < -0.39 is 23.4 Å². The van der Waals surface area contributed by atoms with E-state index in [0.29, 0.717) is 11.1 Å². The summed E-state index contributed by atoms with van der Waals surface area (Å²) in [5, 5.41) is 0. The van der Waals surface area contributed by atoms with Gasteiger partial charge in [-0.3, -0.25) is 0 Å². The van der Waals surface area contributed by atoms with Gasteiger partial charge in [0, 0.05) is 13.6 Å². The highest BCUT2D eigenvalue weighted by molar-refractivity contribution is 5.92. The van der Waals surface area contributed by atoms with E-state index in [4.69, 9.17) is 4.74 Å². The van der Waals surface area contributed by atoms with Gasteiger partial charge in [0.25, 0.3) is 0 Å². The third-order valence-electron chi connectivity index (χ3n) is 4.28. The predicted molar refractivity (Wildman–Crippen MR) is 97.8 cm³/mol. The maximum atomic E-state index is 13.2. The Morgan fingerprint density at radius 1 is 1.15 bits per heavy atom. The van der Waals surface area contributed by atoms with Crippen molar-refractivity contribution in [2.24, 2.45) is 4.99 Å². The summed E-state index contributed by atoms with van der Waals surface area (Å²) in [6, 6.07) is 4.89. The van der Waals surface area contributed by atoms with Crippen molar-refractivity contribution in [3.63, 3.8) is 0 Å². The Morgan fingerprint density at radius 2 is 1.78 bits per heavy atom. The van der Waals surface area contributed by atoms with E-state index in [1.165, 1.54) is 0 Å². The third-order valence-corrected chi connectivity index (χ3v) is 4.28. The van der Waals surface area contributed by atoms with Crippen molar-refractivity contribution in [3.8, 4) is 0 Å². The molecule has 0 heterocycles. The summed E-state index contributed by atoms with van der Waals surface area (Å²) in [7, 11) is 1.90. The van der Waals surface area contributed by atoms with Gasteiger partial charge < -0.3 is 9.64 Å². The van der Waals surface area contributed by atoms with Crippen LogP contribution in [0.25, 0.3) is 0 Å². The lowest BCUT2D eigenvalue weighted by molar-refractivity contribution is 0.0470. The van der Waals surface area contributed by atoms with Crippen LogP contribution in [-0.2, 0) is 11.3 Å². The van der Waals surface area contributed by atoms with E-state index in [2.05, 4.69) is 4.99 Å². The van der Waals surface area contributed by atoms with Gasteiger partial charge >= 0.3 is 5.97 Å². The van der Waals surface area contributed by atoms with Crippen LogP contribution in [0.5, 0.6) is 0 Å². The zero-order valence-corrected chi connectivity index (χ0v) is 15.6. The van der Waals surface area contributed by atoms with E-state index in [0.717, 1.165) is 29.9 Å². The fraction of sp³-hybridized carbons (Fsp3) is 0.300. The first-order valence-corrected chi connectivity index (χ1v) is 8.39. The second-order valence-corrected chi connectivity index (χ2v) is 6.15. The van der Waals surface area contributed by atoms with Gasteiger partial charge in [0.15, 0.2) is 17.5 Å². The maximum Gasteiger partial charge on any atom is 0.338 e. The average Bonchev–Trinajstić information content (AvgIpc) is 2.64. The SMILES string of the molecule is CCN(C)C=Nc1ccc(C(=O)OCc2cc(F)c(F)c(F)c2)c(C)c1C. The van der Waals surface area contributed by atoms with Crippen LogP contribution in [-0.4, -0.2) is 30.8 Å². The molecule has 144 valence electrons. The van der Waals surface area contributed by atoms with Crippen LogP contribution in [0.2, 0.25) is 0 Å². The molecular weight excluding hydrogens is 357 g/mol. The van der Waals surface area contributed by atoms with Gasteiger partial charge in [0.1, 0.15) is 6.61 Å². The molecule has 0 unspecified atom stereocenters. The molecule has 0 amide bonds. The summed E-state index contributed by atoms with van der Waals surface area (Å²) in [6.45, 7) is 6.06. The minimum Gasteiger partial charge on any atom is -0.457 e. The quantitative estimate of drug-likeness (QED) is 0.317. The molecule has 7 heteroatoms. The highest BCUT2D eigenvalue weighted by Gasteiger charge is 2.16. The summed E-state index contributed by atoms with van der Waals surface area (Å²) in [5.74, 6) is -4.84. The lowest BCUT2D eigenvalue weighted by atomic mass is 10.0. The molecule has 27 heavy (non-hydrogen) atoms. The highest BCUT2D eigenvalue weighted by Crippen LogP contribution is 2.25. The minimum atomic E-state index is -1.55. The number of nitrogens with zero attached hydrogens (tertiary/aromatic N) is 2. The summed E-state index contributed by atoms with van der Waals surface area (Å²) in [4.78, 5) is 18.6. The molecule has 0 fully saturated rings. The standard InChI is InChI=1S/C20H21F3N2O2/c1-5-25(4)11-24-18-7-6-15(12(2)13(18)3)20(26)27-10-14-8-16(21)19(23)17(22)9-14/h6-9,11H,5,10H2,1-4H3. The Bertz CT molecular complexity index is 859. The number of benzene rings is 2. The number of ether oxygens (including phenoxy) is 1. The molecule has 0 saturated carbocycles. The molecule has 0 saturated heterocycles. The first-order chi connectivity index (χ1) is 12.7. The van der Waals surface area contributed by atoms with Gasteiger partial charge in [-0.2, -0.15) is 0 Å². The number of aliphatic imine (C=N–C) groups is 1. The zero-order chi connectivity index (χ0) is 20.1. The first kappa shape index (κ1) is 20.5. The van der Waals surface area contributed by atoms with Crippen molar-refractivity contribution in [2.45, 2.75) is 27.4 Å². The molecule has 0 bridgehead atoms. The van der Waals surface area contributed by atoms with E-state index in [1.54, 1.807) is 25.4 Å². The number of carbonyl (C=O) groups is 1. The Hall–Kier alpha value is -2.83. The fourth-order valence-electron chi connectivity index (χ4n) is 2.33. The third kappa shape index (κ3) is 4.87. The molecule has 2 aromatic rings. The summed E-state index contributed by atoms with van der Waals surface area (Å²) < 4.78 is 44.5. The molecule has 4 nitrogen and oxygen atoms in total. The van der Waals surface area contributed by atoms with Crippen LogP contribution in [0.3, 0.4) is 0 Å². The molecule has 0 aliphatic rings. The Balaban J connectivity index is 2.15. The molecule has 0 aliphatic heterocycles. The number of hydrogen-bond acceptors (Lipinski definition) is 3. The average molecular weight is 378 g/mol. The molecule has 2 rings (SSSR count). The normalized spacial score (nSPS) is 11.1. The molecule has 0 aliphatic carbocycles. The molecule has 0 atom stereocenters. The molecular formula is C20H21F3N2O2. The van der Waals surface area contributed by atoms with Crippen LogP contribution in [0.15, 0.2) is 29.3 Å². The number of esters is 1. The second-order valence-electron chi connectivity index (χ2n) is 6.15. The number of rotatable bonds is 6. The lowest BCUT2D eigenvalue weighted by Gasteiger charge is -2.12. The number of hydrogen-bond donors (Lipinski definition) is 0. The Kier molecular flexibility index (Phi) is 6.60. The second kappa shape index (κ2) is 8.70. The van der Waals surface area contributed by atoms with Crippen LogP contribution in [0, 0.1) is 31.3 Å². The molecule has 0 spiro atoms. The number of carbonyl (C=O) groups excluding carboxylic acids is 1. The largest absolute Gasteiger partial charge is 0.457 e. The molecule has 0 aromatic heterocycles. The maximum absolute atomic E-state index is 13.2. The lowest BCUT2D eigenvalue weighted by Crippen LogP contribution is -2.14. The topological polar surface area (TPSA) is 41.9 Å². The summed E-state index contributed by atoms with van der Waals surface area (Å²) in [5.41, 5.74) is 2.61. The first-order valence-electron chi connectivity index (χ1n) is 8.39. The van der Waals surface area contributed by atoms with Gasteiger partial charge in [0.2, 0.25) is 0 Å². The van der Waals surface area contributed by atoms with Gasteiger partial charge in [-0.25, -0.2) is 23.0 Å². The summed E-state index contributed by atoms with van der Waals surface area (Å²) >= 11 is 0. The van der Waals surface area contributed by atoms with Gasteiger partial charge in [-0.05, 0) is 61.7 Å². The van der Waals surface area contributed by atoms with Crippen molar-refractivity contribution in [3.05, 3.63) is 64.0 Å². The molecule has 2 aromatic carbocycles. The van der Waals surface area contributed by atoms with E-state index in [1.807, 2.05) is 25.8 Å². The molecule has 0 N–H and O–H groups in total. The van der Waals surface area contributed by atoms with Crippen molar-refractivity contribution in [2.75, 3.05) is 13.6 Å². The smallest absolute Gasteiger partial charge is 0.338 e. The van der Waals surface area contributed by atoms with Crippen molar-refractivity contribution >= 4 is 18.0 Å². The Morgan fingerprint density at radius 3 is 2.37 bits per heavy atom. The Labute approximate surface area is 156 Å². The van der Waals surface area contributed by atoms with Crippen LogP contribution in [0.1, 0.15) is 34.0 Å². The minimum absolute atomic E-state index is 0.0259. The van der Waals surface area contributed by atoms with Crippen LogP contribution >= 0.6 is 0 Å². The van der Waals surface area contributed by atoms with E-state index in [9.17, 15) is 18.0 Å².